The lowest BCUT2D eigenvalue weighted by molar-refractivity contribution is -0.114. The number of ketones is 1. The summed E-state index contributed by atoms with van der Waals surface area (Å²) in [7, 11) is 0. The van der Waals surface area contributed by atoms with Crippen LogP contribution in [0.4, 0.5) is 0 Å². The van der Waals surface area contributed by atoms with Gasteiger partial charge < -0.3 is 4.90 Å². The SMILES string of the molecule is C=CC(=O)CCCN1CCCCCCC1. The zero-order valence-corrected chi connectivity index (χ0v) is 9.71. The van der Waals surface area contributed by atoms with Gasteiger partial charge in [0.15, 0.2) is 5.78 Å². The Morgan fingerprint density at radius 1 is 1.13 bits per heavy atom. The van der Waals surface area contributed by atoms with Crippen molar-refractivity contribution < 1.29 is 4.79 Å². The van der Waals surface area contributed by atoms with Crippen LogP contribution in [0.25, 0.3) is 0 Å². The molecule has 0 amide bonds. The lowest BCUT2D eigenvalue weighted by Crippen LogP contribution is -2.28. The van der Waals surface area contributed by atoms with Crippen LogP contribution in [0.15, 0.2) is 12.7 Å². The maximum atomic E-state index is 11.0. The molecule has 86 valence electrons. The molecule has 1 aliphatic rings. The predicted molar refractivity (Wildman–Crippen MR) is 64.0 cm³/mol. The maximum Gasteiger partial charge on any atom is 0.155 e. The van der Waals surface area contributed by atoms with Gasteiger partial charge in [-0.2, -0.15) is 0 Å². The quantitative estimate of drug-likeness (QED) is 0.649. The third kappa shape index (κ3) is 5.73. The average molecular weight is 209 g/mol. The molecule has 0 radical (unpaired) electrons. The topological polar surface area (TPSA) is 20.3 Å². The van der Waals surface area contributed by atoms with E-state index in [1.165, 1.54) is 51.3 Å². The van der Waals surface area contributed by atoms with E-state index in [4.69, 9.17) is 0 Å². The van der Waals surface area contributed by atoms with Gasteiger partial charge in [-0.3, -0.25) is 4.79 Å². The largest absolute Gasteiger partial charge is 0.303 e. The van der Waals surface area contributed by atoms with Crippen LogP contribution in [0.3, 0.4) is 0 Å². The number of rotatable bonds is 5. The molecule has 0 aromatic heterocycles. The van der Waals surface area contributed by atoms with E-state index in [1.54, 1.807) is 0 Å². The van der Waals surface area contributed by atoms with Crippen LogP contribution in [-0.4, -0.2) is 30.3 Å². The molecule has 0 aliphatic carbocycles. The fraction of sp³-hybridized carbons (Fsp3) is 0.769. The van der Waals surface area contributed by atoms with Gasteiger partial charge in [0.2, 0.25) is 0 Å². The monoisotopic (exact) mass is 209 g/mol. The first kappa shape index (κ1) is 12.4. The first-order valence-electron chi connectivity index (χ1n) is 6.20. The van der Waals surface area contributed by atoms with E-state index >= 15 is 0 Å². The highest BCUT2D eigenvalue weighted by Gasteiger charge is 2.07. The van der Waals surface area contributed by atoms with Gasteiger partial charge in [-0.25, -0.2) is 0 Å². The van der Waals surface area contributed by atoms with E-state index in [0.717, 1.165) is 13.0 Å². The lowest BCUT2D eigenvalue weighted by atomic mass is 10.1. The van der Waals surface area contributed by atoms with Crippen molar-refractivity contribution in [2.45, 2.75) is 44.9 Å². The number of hydrogen-bond acceptors (Lipinski definition) is 2. The summed E-state index contributed by atoms with van der Waals surface area (Å²) in [4.78, 5) is 13.5. The summed E-state index contributed by atoms with van der Waals surface area (Å²) in [6.07, 6.45) is 9.91. The zero-order chi connectivity index (χ0) is 10.9. The Bertz CT molecular complexity index is 193. The normalized spacial score (nSPS) is 19.2. The summed E-state index contributed by atoms with van der Waals surface area (Å²) in [6.45, 7) is 7.02. The Morgan fingerprint density at radius 2 is 1.73 bits per heavy atom. The lowest BCUT2D eigenvalue weighted by Gasteiger charge is -2.24. The van der Waals surface area contributed by atoms with Crippen molar-refractivity contribution in [3.63, 3.8) is 0 Å². The molecule has 15 heavy (non-hydrogen) atoms. The van der Waals surface area contributed by atoms with Crippen LogP contribution in [0.2, 0.25) is 0 Å². The zero-order valence-electron chi connectivity index (χ0n) is 9.71. The smallest absolute Gasteiger partial charge is 0.155 e. The molecule has 1 fully saturated rings. The standard InChI is InChI=1S/C13H23NO/c1-2-13(15)9-8-12-14-10-6-4-3-5-7-11-14/h2H,1,3-12H2. The van der Waals surface area contributed by atoms with Crippen LogP contribution in [0.5, 0.6) is 0 Å². The van der Waals surface area contributed by atoms with Crippen molar-refractivity contribution >= 4 is 5.78 Å². The summed E-state index contributed by atoms with van der Waals surface area (Å²) < 4.78 is 0. The summed E-state index contributed by atoms with van der Waals surface area (Å²) in [6, 6.07) is 0. The molecular weight excluding hydrogens is 186 g/mol. The van der Waals surface area contributed by atoms with Crippen molar-refractivity contribution in [1.29, 1.82) is 0 Å². The van der Waals surface area contributed by atoms with Crippen LogP contribution in [-0.2, 0) is 4.79 Å². The molecule has 1 rings (SSSR count). The van der Waals surface area contributed by atoms with E-state index in [1.807, 2.05) is 0 Å². The Balaban J connectivity index is 2.12. The molecule has 0 atom stereocenters. The molecular formula is C13H23NO. The Labute approximate surface area is 93.3 Å². The fourth-order valence-corrected chi connectivity index (χ4v) is 2.12. The molecule has 0 aromatic carbocycles. The number of carbonyl (C=O) groups excluding carboxylic acids is 1. The van der Waals surface area contributed by atoms with Gasteiger partial charge in [0.1, 0.15) is 0 Å². The average Bonchev–Trinajstić information content (AvgIpc) is 2.20. The van der Waals surface area contributed by atoms with Gasteiger partial charge >= 0.3 is 0 Å². The molecule has 0 aromatic rings. The Hall–Kier alpha value is -0.630. The Kier molecular flexibility index (Phi) is 6.33. The van der Waals surface area contributed by atoms with E-state index in [-0.39, 0.29) is 5.78 Å². The van der Waals surface area contributed by atoms with Crippen molar-refractivity contribution in [2.24, 2.45) is 0 Å². The van der Waals surface area contributed by atoms with E-state index in [9.17, 15) is 4.79 Å². The van der Waals surface area contributed by atoms with E-state index in [2.05, 4.69) is 11.5 Å². The van der Waals surface area contributed by atoms with Crippen molar-refractivity contribution in [1.82, 2.24) is 4.90 Å². The van der Waals surface area contributed by atoms with Crippen LogP contribution in [0, 0.1) is 0 Å². The van der Waals surface area contributed by atoms with Crippen LogP contribution in [0.1, 0.15) is 44.9 Å². The second-order valence-electron chi connectivity index (χ2n) is 4.38. The first-order chi connectivity index (χ1) is 7.33. The summed E-state index contributed by atoms with van der Waals surface area (Å²) >= 11 is 0. The molecule has 1 aliphatic heterocycles. The second-order valence-corrected chi connectivity index (χ2v) is 4.38. The molecule has 2 nitrogen and oxygen atoms in total. The van der Waals surface area contributed by atoms with Gasteiger partial charge in [0, 0.05) is 6.42 Å². The molecule has 0 unspecified atom stereocenters. The van der Waals surface area contributed by atoms with E-state index in [0.29, 0.717) is 6.42 Å². The minimum atomic E-state index is 0.182. The van der Waals surface area contributed by atoms with E-state index < -0.39 is 0 Å². The molecule has 0 N–H and O–H groups in total. The fourth-order valence-electron chi connectivity index (χ4n) is 2.12. The maximum absolute atomic E-state index is 11.0. The number of hydrogen-bond donors (Lipinski definition) is 0. The van der Waals surface area contributed by atoms with Crippen LogP contribution < -0.4 is 0 Å². The molecule has 0 bridgehead atoms. The molecule has 0 saturated carbocycles. The summed E-state index contributed by atoms with van der Waals surface area (Å²) in [5.74, 6) is 0.182. The number of likely N-dealkylation sites (tertiary alicyclic amines) is 1. The number of allylic oxidation sites excluding steroid dienone is 1. The van der Waals surface area contributed by atoms with Gasteiger partial charge in [0.25, 0.3) is 0 Å². The minimum Gasteiger partial charge on any atom is -0.303 e. The predicted octanol–water partition coefficient (Wildman–Crippen LogP) is 2.79. The van der Waals surface area contributed by atoms with Crippen LogP contribution >= 0.6 is 0 Å². The number of nitrogens with zero attached hydrogens (tertiary/aromatic N) is 1. The van der Waals surface area contributed by atoms with Crippen molar-refractivity contribution in [3.05, 3.63) is 12.7 Å². The highest BCUT2D eigenvalue weighted by molar-refractivity contribution is 5.88. The summed E-state index contributed by atoms with van der Waals surface area (Å²) in [5.41, 5.74) is 0. The first-order valence-corrected chi connectivity index (χ1v) is 6.20. The third-order valence-corrected chi connectivity index (χ3v) is 3.07. The van der Waals surface area contributed by atoms with Gasteiger partial charge in [0.05, 0.1) is 0 Å². The molecule has 0 spiro atoms. The van der Waals surface area contributed by atoms with Crippen molar-refractivity contribution in [2.75, 3.05) is 19.6 Å². The Morgan fingerprint density at radius 3 is 2.33 bits per heavy atom. The highest BCUT2D eigenvalue weighted by atomic mass is 16.1. The van der Waals surface area contributed by atoms with Gasteiger partial charge in [-0.05, 0) is 45.0 Å². The van der Waals surface area contributed by atoms with Gasteiger partial charge in [-0.1, -0.05) is 25.8 Å². The number of carbonyl (C=O) groups is 1. The molecule has 1 saturated heterocycles. The highest BCUT2D eigenvalue weighted by Crippen LogP contribution is 2.10. The molecule has 1 heterocycles. The summed E-state index contributed by atoms with van der Waals surface area (Å²) in [5, 5.41) is 0. The van der Waals surface area contributed by atoms with Crippen molar-refractivity contribution in [3.8, 4) is 0 Å². The molecule has 2 heteroatoms. The minimum absolute atomic E-state index is 0.182. The van der Waals surface area contributed by atoms with Gasteiger partial charge in [-0.15, -0.1) is 0 Å². The second kappa shape index (κ2) is 7.63. The third-order valence-electron chi connectivity index (χ3n) is 3.07.